The fraction of sp³-hybridized carbons (Fsp3) is 0.684. The Bertz CT molecular complexity index is 459. The average molecular weight is 273 g/mol. The van der Waals surface area contributed by atoms with Crippen molar-refractivity contribution in [1.82, 2.24) is 0 Å². The lowest BCUT2D eigenvalue weighted by molar-refractivity contribution is 0.134. The molecule has 0 spiro atoms. The van der Waals surface area contributed by atoms with E-state index in [9.17, 15) is 0 Å². The summed E-state index contributed by atoms with van der Waals surface area (Å²) in [5.41, 5.74) is 11.3. The zero-order chi connectivity index (χ0) is 15.0. The SMILES string of the molecule is Cc1ccc(C)c(CC2(N)CCC(C(C)(C)C)CC2)c1. The number of aryl methyl sites for hydroxylation is 2. The zero-order valence-electron chi connectivity index (χ0n) is 13.9. The molecular weight excluding hydrogens is 242 g/mol. The number of nitrogens with two attached hydrogens (primary N) is 1. The highest BCUT2D eigenvalue weighted by Gasteiger charge is 2.36. The summed E-state index contributed by atoms with van der Waals surface area (Å²) in [5, 5.41) is 0. The Morgan fingerprint density at radius 3 is 2.30 bits per heavy atom. The van der Waals surface area contributed by atoms with Crippen molar-refractivity contribution >= 4 is 0 Å². The minimum Gasteiger partial charge on any atom is -0.325 e. The van der Waals surface area contributed by atoms with E-state index in [0.717, 1.165) is 12.3 Å². The minimum absolute atomic E-state index is 0.0142. The first-order chi connectivity index (χ1) is 9.20. The van der Waals surface area contributed by atoms with Crippen molar-refractivity contribution < 1.29 is 0 Å². The Balaban J connectivity index is 2.05. The van der Waals surface area contributed by atoms with E-state index in [-0.39, 0.29) is 5.54 Å². The highest BCUT2D eigenvalue weighted by atomic mass is 14.7. The van der Waals surface area contributed by atoms with E-state index in [1.807, 2.05) is 0 Å². The second-order valence-corrected chi connectivity index (χ2v) is 8.11. The predicted molar refractivity (Wildman–Crippen MR) is 88.0 cm³/mol. The predicted octanol–water partition coefficient (Wildman–Crippen LogP) is 4.78. The van der Waals surface area contributed by atoms with Crippen LogP contribution in [0.15, 0.2) is 18.2 Å². The van der Waals surface area contributed by atoms with Crippen LogP contribution in [-0.2, 0) is 6.42 Å². The van der Waals surface area contributed by atoms with Crippen molar-refractivity contribution in [3.63, 3.8) is 0 Å². The molecule has 1 aliphatic rings. The second-order valence-electron chi connectivity index (χ2n) is 8.11. The van der Waals surface area contributed by atoms with E-state index in [4.69, 9.17) is 5.73 Å². The molecule has 1 heteroatoms. The summed E-state index contributed by atoms with van der Waals surface area (Å²) in [6.07, 6.45) is 5.94. The van der Waals surface area contributed by atoms with Gasteiger partial charge in [0.25, 0.3) is 0 Å². The van der Waals surface area contributed by atoms with Crippen LogP contribution in [0.3, 0.4) is 0 Å². The summed E-state index contributed by atoms with van der Waals surface area (Å²) >= 11 is 0. The fourth-order valence-electron chi connectivity index (χ4n) is 3.61. The first-order valence-electron chi connectivity index (χ1n) is 8.05. The van der Waals surface area contributed by atoms with Gasteiger partial charge in [-0.2, -0.15) is 0 Å². The fourth-order valence-corrected chi connectivity index (χ4v) is 3.61. The summed E-state index contributed by atoms with van der Waals surface area (Å²) < 4.78 is 0. The van der Waals surface area contributed by atoms with Crippen LogP contribution < -0.4 is 5.73 Å². The van der Waals surface area contributed by atoms with Gasteiger partial charge < -0.3 is 5.73 Å². The van der Waals surface area contributed by atoms with Crippen molar-refractivity contribution in [3.05, 3.63) is 34.9 Å². The first-order valence-corrected chi connectivity index (χ1v) is 8.05. The molecule has 1 nitrogen and oxygen atoms in total. The van der Waals surface area contributed by atoms with Gasteiger partial charge in [-0.25, -0.2) is 0 Å². The lowest BCUT2D eigenvalue weighted by atomic mass is 9.66. The van der Waals surface area contributed by atoms with Crippen LogP contribution in [0.2, 0.25) is 0 Å². The molecule has 112 valence electrons. The molecule has 1 fully saturated rings. The molecule has 1 aromatic carbocycles. The third-order valence-corrected chi connectivity index (χ3v) is 5.25. The van der Waals surface area contributed by atoms with Gasteiger partial charge in [0, 0.05) is 5.54 Å². The Hall–Kier alpha value is -0.820. The maximum Gasteiger partial charge on any atom is 0.0195 e. The van der Waals surface area contributed by atoms with E-state index in [2.05, 4.69) is 52.8 Å². The topological polar surface area (TPSA) is 26.0 Å². The van der Waals surface area contributed by atoms with Crippen LogP contribution in [0.1, 0.15) is 63.1 Å². The standard InChI is InChI=1S/C19H31N/c1-14-6-7-15(2)16(12-14)13-19(20)10-8-17(9-11-19)18(3,4)5/h6-7,12,17H,8-11,13,20H2,1-5H3. The monoisotopic (exact) mass is 273 g/mol. The van der Waals surface area contributed by atoms with Gasteiger partial charge in [0.2, 0.25) is 0 Å². The van der Waals surface area contributed by atoms with Crippen molar-refractivity contribution in [2.45, 2.75) is 72.3 Å². The lowest BCUT2D eigenvalue weighted by Crippen LogP contribution is -2.46. The summed E-state index contributed by atoms with van der Waals surface area (Å²) in [6.45, 7) is 11.5. The van der Waals surface area contributed by atoms with Crippen LogP contribution in [0.25, 0.3) is 0 Å². The van der Waals surface area contributed by atoms with Gasteiger partial charge in [-0.05, 0) is 68.4 Å². The molecule has 2 rings (SSSR count). The molecule has 0 bridgehead atoms. The van der Waals surface area contributed by atoms with Crippen molar-refractivity contribution in [3.8, 4) is 0 Å². The number of benzene rings is 1. The first kappa shape index (κ1) is 15.6. The van der Waals surface area contributed by atoms with Crippen LogP contribution in [0, 0.1) is 25.2 Å². The molecule has 0 unspecified atom stereocenters. The Kier molecular flexibility index (Phi) is 4.30. The van der Waals surface area contributed by atoms with Gasteiger partial charge in [0.15, 0.2) is 0 Å². The van der Waals surface area contributed by atoms with Crippen molar-refractivity contribution in [2.75, 3.05) is 0 Å². The smallest absolute Gasteiger partial charge is 0.0195 e. The normalized spacial score (nSPS) is 27.6. The van der Waals surface area contributed by atoms with Crippen molar-refractivity contribution in [1.29, 1.82) is 0 Å². The third kappa shape index (κ3) is 3.63. The number of hydrogen-bond donors (Lipinski definition) is 1. The molecule has 0 atom stereocenters. The molecule has 0 saturated heterocycles. The maximum atomic E-state index is 6.72. The van der Waals surface area contributed by atoms with E-state index in [1.54, 1.807) is 0 Å². The largest absolute Gasteiger partial charge is 0.325 e. The molecule has 2 N–H and O–H groups in total. The summed E-state index contributed by atoms with van der Waals surface area (Å²) in [6, 6.07) is 6.74. The Morgan fingerprint density at radius 1 is 1.15 bits per heavy atom. The molecule has 0 amide bonds. The molecular formula is C19H31N. The summed E-state index contributed by atoms with van der Waals surface area (Å²) in [4.78, 5) is 0. The zero-order valence-corrected chi connectivity index (χ0v) is 13.9. The second kappa shape index (κ2) is 5.52. The molecule has 0 heterocycles. The van der Waals surface area contributed by atoms with Crippen LogP contribution in [0.4, 0.5) is 0 Å². The average Bonchev–Trinajstić information content (AvgIpc) is 2.33. The van der Waals surface area contributed by atoms with Gasteiger partial charge in [-0.3, -0.25) is 0 Å². The third-order valence-electron chi connectivity index (χ3n) is 5.25. The molecule has 0 aromatic heterocycles. The Morgan fingerprint density at radius 2 is 1.75 bits per heavy atom. The van der Waals surface area contributed by atoms with Gasteiger partial charge >= 0.3 is 0 Å². The van der Waals surface area contributed by atoms with Crippen molar-refractivity contribution in [2.24, 2.45) is 17.1 Å². The summed E-state index contributed by atoms with van der Waals surface area (Å²) in [7, 11) is 0. The molecule has 0 aliphatic heterocycles. The molecule has 20 heavy (non-hydrogen) atoms. The molecule has 1 saturated carbocycles. The highest BCUT2D eigenvalue weighted by molar-refractivity contribution is 5.32. The van der Waals surface area contributed by atoms with Gasteiger partial charge in [-0.1, -0.05) is 44.5 Å². The van der Waals surface area contributed by atoms with Crippen LogP contribution in [0.5, 0.6) is 0 Å². The molecule has 1 aromatic rings. The highest BCUT2D eigenvalue weighted by Crippen LogP contribution is 2.41. The van der Waals surface area contributed by atoms with E-state index in [1.165, 1.54) is 42.4 Å². The Labute approximate surface area is 125 Å². The molecule has 1 aliphatic carbocycles. The quantitative estimate of drug-likeness (QED) is 0.824. The minimum atomic E-state index is 0.0142. The summed E-state index contributed by atoms with van der Waals surface area (Å²) in [5.74, 6) is 0.831. The number of hydrogen-bond acceptors (Lipinski definition) is 1. The lowest BCUT2D eigenvalue weighted by Gasteiger charge is -2.42. The number of rotatable bonds is 2. The van der Waals surface area contributed by atoms with E-state index in [0.29, 0.717) is 5.41 Å². The maximum absolute atomic E-state index is 6.72. The van der Waals surface area contributed by atoms with E-state index < -0.39 is 0 Å². The van der Waals surface area contributed by atoms with Gasteiger partial charge in [-0.15, -0.1) is 0 Å². The van der Waals surface area contributed by atoms with Crippen LogP contribution in [-0.4, -0.2) is 5.54 Å². The van der Waals surface area contributed by atoms with Crippen LogP contribution >= 0.6 is 0 Å². The van der Waals surface area contributed by atoms with Gasteiger partial charge in [0.05, 0.1) is 0 Å². The van der Waals surface area contributed by atoms with Gasteiger partial charge in [0.1, 0.15) is 0 Å². The van der Waals surface area contributed by atoms with E-state index >= 15 is 0 Å². The molecule has 0 radical (unpaired) electrons.